The summed E-state index contributed by atoms with van der Waals surface area (Å²) in [4.78, 5) is 14.0. The minimum atomic E-state index is -0.185. The van der Waals surface area contributed by atoms with Gasteiger partial charge in [-0.1, -0.05) is 59.6 Å². The highest BCUT2D eigenvalue weighted by Gasteiger charge is 2.19. The molecule has 1 heterocycles. The van der Waals surface area contributed by atoms with Crippen molar-refractivity contribution >= 4 is 34.8 Å². The Hall–Kier alpha value is -2.33. The summed E-state index contributed by atoms with van der Waals surface area (Å²) < 4.78 is 0. The number of quaternary nitrogens is 1. The van der Waals surface area contributed by atoms with Crippen molar-refractivity contribution in [2.45, 2.75) is 19.5 Å². The number of benzene rings is 3. The van der Waals surface area contributed by atoms with E-state index in [2.05, 4.69) is 29.6 Å². The first-order chi connectivity index (χ1) is 13.6. The molecule has 28 heavy (non-hydrogen) atoms. The van der Waals surface area contributed by atoms with Crippen LogP contribution in [0.2, 0.25) is 10.0 Å². The van der Waals surface area contributed by atoms with Crippen molar-refractivity contribution in [3.05, 3.63) is 99.0 Å². The van der Waals surface area contributed by atoms with Crippen LogP contribution in [0.5, 0.6) is 0 Å². The largest absolute Gasteiger partial charge is 0.327 e. The molecule has 0 radical (unpaired) electrons. The van der Waals surface area contributed by atoms with Gasteiger partial charge in [-0.3, -0.25) is 4.79 Å². The van der Waals surface area contributed by atoms with Gasteiger partial charge in [0.05, 0.1) is 17.3 Å². The Balaban J connectivity index is 1.39. The minimum Gasteiger partial charge on any atom is -0.327 e. The van der Waals surface area contributed by atoms with E-state index in [0.717, 1.165) is 26.1 Å². The zero-order valence-corrected chi connectivity index (χ0v) is 16.9. The molecule has 3 aromatic carbocycles. The third kappa shape index (κ3) is 4.39. The number of halogens is 2. The summed E-state index contributed by atoms with van der Waals surface area (Å²) in [7, 11) is 0. The lowest BCUT2D eigenvalue weighted by molar-refractivity contribution is -0.929. The van der Waals surface area contributed by atoms with E-state index >= 15 is 0 Å². The Labute approximate surface area is 174 Å². The van der Waals surface area contributed by atoms with E-state index in [0.29, 0.717) is 21.3 Å². The molecular weight excluding hydrogens is 391 g/mol. The van der Waals surface area contributed by atoms with Crippen LogP contribution in [0.4, 0.5) is 5.69 Å². The Morgan fingerprint density at radius 3 is 2.46 bits per heavy atom. The van der Waals surface area contributed by atoms with Gasteiger partial charge in [0.15, 0.2) is 0 Å². The van der Waals surface area contributed by atoms with Crippen molar-refractivity contribution in [2.75, 3.05) is 11.9 Å². The first-order valence-corrected chi connectivity index (χ1v) is 10.1. The Morgan fingerprint density at radius 2 is 1.71 bits per heavy atom. The van der Waals surface area contributed by atoms with Crippen molar-refractivity contribution in [3.63, 3.8) is 0 Å². The summed E-state index contributed by atoms with van der Waals surface area (Å²) in [6.07, 6.45) is 1.12. The number of rotatable bonds is 4. The molecule has 1 aliphatic rings. The molecule has 1 amide bonds. The minimum absolute atomic E-state index is 0.185. The normalized spacial score (nSPS) is 15.7. The molecule has 142 valence electrons. The van der Waals surface area contributed by atoms with Gasteiger partial charge in [0, 0.05) is 28.1 Å². The van der Waals surface area contributed by atoms with Crippen molar-refractivity contribution in [2.24, 2.45) is 0 Å². The van der Waals surface area contributed by atoms with Crippen molar-refractivity contribution in [3.8, 4) is 0 Å². The highest BCUT2D eigenvalue weighted by molar-refractivity contribution is 6.36. The fourth-order valence-corrected chi connectivity index (χ4v) is 4.10. The van der Waals surface area contributed by atoms with Crippen LogP contribution in [0.3, 0.4) is 0 Å². The Kier molecular flexibility index (Phi) is 5.67. The summed E-state index contributed by atoms with van der Waals surface area (Å²) in [5.74, 6) is -0.185. The van der Waals surface area contributed by atoms with Gasteiger partial charge < -0.3 is 10.2 Å². The van der Waals surface area contributed by atoms with E-state index in [9.17, 15) is 4.79 Å². The Morgan fingerprint density at radius 1 is 0.964 bits per heavy atom. The van der Waals surface area contributed by atoms with Crippen LogP contribution in [0, 0.1) is 0 Å². The van der Waals surface area contributed by atoms with Crippen LogP contribution < -0.4 is 10.2 Å². The van der Waals surface area contributed by atoms with Gasteiger partial charge in [-0.2, -0.15) is 0 Å². The standard InChI is InChI=1S/C23H20Cl2N2O/c24-20-9-10-22(21(25)13-20)26-23(28)18-7-5-16(6-8-18)14-27-12-11-17-3-1-2-4-19(17)15-27/h1-10,13H,11-12,14-15H2,(H,26,28)/p+1. The maximum Gasteiger partial charge on any atom is 0.255 e. The third-order valence-corrected chi connectivity index (χ3v) is 5.70. The highest BCUT2D eigenvalue weighted by atomic mass is 35.5. The molecule has 2 N–H and O–H groups in total. The molecule has 0 fully saturated rings. The predicted octanol–water partition coefficient (Wildman–Crippen LogP) is 4.39. The van der Waals surface area contributed by atoms with Gasteiger partial charge in [0.2, 0.25) is 0 Å². The summed E-state index contributed by atoms with van der Waals surface area (Å²) in [5.41, 5.74) is 5.31. The van der Waals surface area contributed by atoms with E-state index in [1.807, 2.05) is 24.3 Å². The van der Waals surface area contributed by atoms with Crippen molar-refractivity contribution < 1.29 is 9.69 Å². The number of amides is 1. The van der Waals surface area contributed by atoms with Gasteiger partial charge >= 0.3 is 0 Å². The second-order valence-electron chi connectivity index (χ2n) is 7.15. The number of carbonyl (C=O) groups excluding carboxylic acids is 1. The van der Waals surface area contributed by atoms with Crippen LogP contribution in [-0.2, 0) is 19.5 Å². The molecule has 1 unspecified atom stereocenters. The van der Waals surface area contributed by atoms with Gasteiger partial charge in [0.25, 0.3) is 5.91 Å². The fourth-order valence-electron chi connectivity index (χ4n) is 3.64. The molecule has 1 atom stereocenters. The number of nitrogens with one attached hydrogen (secondary N) is 2. The first-order valence-electron chi connectivity index (χ1n) is 9.34. The van der Waals surface area contributed by atoms with E-state index in [-0.39, 0.29) is 5.91 Å². The molecule has 0 bridgehead atoms. The van der Waals surface area contributed by atoms with Crippen LogP contribution in [0.15, 0.2) is 66.7 Å². The van der Waals surface area contributed by atoms with Gasteiger partial charge in [-0.15, -0.1) is 0 Å². The average molecular weight is 412 g/mol. The second kappa shape index (κ2) is 8.36. The van der Waals surface area contributed by atoms with E-state index < -0.39 is 0 Å². The number of hydrogen-bond acceptors (Lipinski definition) is 1. The second-order valence-corrected chi connectivity index (χ2v) is 7.99. The topological polar surface area (TPSA) is 33.5 Å². The summed E-state index contributed by atoms with van der Waals surface area (Å²) in [6, 6.07) is 21.5. The molecular formula is C23H21Cl2N2O+. The SMILES string of the molecule is O=C(Nc1ccc(Cl)cc1Cl)c1ccc(C[NH+]2CCc3ccccc3C2)cc1. The lowest BCUT2D eigenvalue weighted by atomic mass is 9.99. The molecule has 0 aromatic heterocycles. The first kappa shape index (κ1) is 19.0. The maximum atomic E-state index is 12.5. The summed E-state index contributed by atoms with van der Waals surface area (Å²) in [5, 5.41) is 3.79. The zero-order valence-electron chi connectivity index (χ0n) is 15.3. The number of fused-ring (bicyclic) bond motifs is 1. The van der Waals surface area contributed by atoms with Gasteiger partial charge in [-0.25, -0.2) is 0 Å². The molecule has 1 aliphatic heterocycles. The van der Waals surface area contributed by atoms with E-state index in [1.54, 1.807) is 23.1 Å². The summed E-state index contributed by atoms with van der Waals surface area (Å²) >= 11 is 12.0. The molecule has 0 saturated carbocycles. The Bertz CT molecular complexity index is 1000. The van der Waals surface area contributed by atoms with Crippen molar-refractivity contribution in [1.82, 2.24) is 0 Å². The van der Waals surface area contributed by atoms with Crippen LogP contribution >= 0.6 is 23.2 Å². The molecule has 0 spiro atoms. The molecule has 0 aliphatic carbocycles. The summed E-state index contributed by atoms with van der Waals surface area (Å²) in [6.45, 7) is 3.14. The maximum absolute atomic E-state index is 12.5. The zero-order chi connectivity index (χ0) is 19.5. The highest BCUT2D eigenvalue weighted by Crippen LogP contribution is 2.25. The number of hydrogen-bond donors (Lipinski definition) is 2. The van der Waals surface area contributed by atoms with Gasteiger partial charge in [0.1, 0.15) is 13.1 Å². The van der Waals surface area contributed by atoms with Crippen LogP contribution in [0.1, 0.15) is 27.0 Å². The molecule has 3 nitrogen and oxygen atoms in total. The number of carbonyl (C=O) groups is 1. The van der Waals surface area contributed by atoms with E-state index in [4.69, 9.17) is 23.2 Å². The predicted molar refractivity (Wildman–Crippen MR) is 114 cm³/mol. The average Bonchev–Trinajstić information content (AvgIpc) is 2.70. The third-order valence-electron chi connectivity index (χ3n) is 5.16. The van der Waals surface area contributed by atoms with Crippen LogP contribution in [0.25, 0.3) is 0 Å². The molecule has 5 heteroatoms. The molecule has 3 aromatic rings. The van der Waals surface area contributed by atoms with Crippen molar-refractivity contribution in [1.29, 1.82) is 0 Å². The molecule has 0 saturated heterocycles. The van der Waals surface area contributed by atoms with E-state index in [1.165, 1.54) is 16.7 Å². The lowest BCUT2D eigenvalue weighted by Crippen LogP contribution is -3.10. The number of anilines is 1. The smallest absolute Gasteiger partial charge is 0.255 e. The van der Waals surface area contributed by atoms with Gasteiger partial charge in [-0.05, 0) is 35.9 Å². The lowest BCUT2D eigenvalue weighted by Gasteiger charge is -2.26. The molecule has 4 rings (SSSR count). The quantitative estimate of drug-likeness (QED) is 0.655. The monoisotopic (exact) mass is 411 g/mol. The van der Waals surface area contributed by atoms with Crippen LogP contribution in [-0.4, -0.2) is 12.5 Å². The fraction of sp³-hybridized carbons (Fsp3) is 0.174.